The zero-order valence-corrected chi connectivity index (χ0v) is 7.41. The highest BCUT2D eigenvalue weighted by Gasteiger charge is 2.10. The lowest BCUT2D eigenvalue weighted by Crippen LogP contribution is -3.05. The summed E-state index contributed by atoms with van der Waals surface area (Å²) < 4.78 is 0. The molecule has 0 aromatic heterocycles. The molecule has 0 atom stereocenters. The van der Waals surface area contributed by atoms with Crippen molar-refractivity contribution in [3.8, 4) is 0 Å². The van der Waals surface area contributed by atoms with Crippen molar-refractivity contribution in [3.63, 3.8) is 0 Å². The van der Waals surface area contributed by atoms with Crippen molar-refractivity contribution in [3.05, 3.63) is 0 Å². The van der Waals surface area contributed by atoms with E-state index in [2.05, 4.69) is 34.9 Å². The van der Waals surface area contributed by atoms with E-state index in [-0.39, 0.29) is 0 Å². The molecule has 0 aromatic carbocycles. The van der Waals surface area contributed by atoms with Crippen LogP contribution in [0.15, 0.2) is 0 Å². The summed E-state index contributed by atoms with van der Waals surface area (Å²) in [7, 11) is 4.40. The van der Waals surface area contributed by atoms with Gasteiger partial charge in [0, 0.05) is 6.42 Å². The van der Waals surface area contributed by atoms with E-state index in [9.17, 15) is 0 Å². The van der Waals surface area contributed by atoms with E-state index >= 15 is 0 Å². The van der Waals surface area contributed by atoms with Gasteiger partial charge < -0.3 is 4.90 Å². The van der Waals surface area contributed by atoms with Gasteiger partial charge in [0.25, 0.3) is 0 Å². The number of hydrogen-bond acceptors (Lipinski definition) is 0. The second kappa shape index (κ2) is 3.21. The molecular formula is C8H20N+. The van der Waals surface area contributed by atoms with Gasteiger partial charge in [-0.05, 0) is 5.41 Å². The summed E-state index contributed by atoms with van der Waals surface area (Å²) in [5.74, 6) is 0. The molecule has 0 spiro atoms. The van der Waals surface area contributed by atoms with E-state index in [0.717, 1.165) is 0 Å². The third kappa shape index (κ3) is 7.96. The summed E-state index contributed by atoms with van der Waals surface area (Å²) in [4.78, 5) is 1.55. The van der Waals surface area contributed by atoms with Gasteiger partial charge in [-0.3, -0.25) is 0 Å². The van der Waals surface area contributed by atoms with Gasteiger partial charge in [0.05, 0.1) is 20.6 Å². The molecule has 0 amide bonds. The molecule has 1 heteroatoms. The van der Waals surface area contributed by atoms with Crippen molar-refractivity contribution in [2.45, 2.75) is 27.2 Å². The second-order valence-electron chi connectivity index (χ2n) is 4.27. The van der Waals surface area contributed by atoms with Crippen molar-refractivity contribution in [1.82, 2.24) is 0 Å². The molecule has 1 N–H and O–H groups in total. The van der Waals surface area contributed by atoms with Gasteiger partial charge in [-0.1, -0.05) is 20.8 Å². The summed E-state index contributed by atoms with van der Waals surface area (Å²) in [6.45, 7) is 8.14. The smallest absolute Gasteiger partial charge is 0.0771 e. The van der Waals surface area contributed by atoms with Crippen LogP contribution in [0.3, 0.4) is 0 Å². The Labute approximate surface area is 59.1 Å². The molecule has 0 aliphatic heterocycles. The maximum absolute atomic E-state index is 2.29. The van der Waals surface area contributed by atoms with E-state index in [0.29, 0.717) is 5.41 Å². The molecule has 0 unspecified atom stereocenters. The van der Waals surface area contributed by atoms with Crippen LogP contribution in [0.1, 0.15) is 27.2 Å². The Bertz CT molecular complexity index is 69.1. The van der Waals surface area contributed by atoms with Crippen molar-refractivity contribution < 1.29 is 4.90 Å². The summed E-state index contributed by atoms with van der Waals surface area (Å²) in [5, 5.41) is 0. The van der Waals surface area contributed by atoms with Crippen LogP contribution < -0.4 is 4.90 Å². The highest BCUT2D eigenvalue weighted by Crippen LogP contribution is 2.15. The average molecular weight is 130 g/mol. The topological polar surface area (TPSA) is 4.44 Å². The number of hydrogen-bond donors (Lipinski definition) is 1. The predicted molar refractivity (Wildman–Crippen MR) is 41.7 cm³/mol. The van der Waals surface area contributed by atoms with Crippen LogP contribution >= 0.6 is 0 Å². The average Bonchev–Trinajstić information content (AvgIpc) is 1.59. The van der Waals surface area contributed by atoms with Crippen molar-refractivity contribution >= 4 is 0 Å². The molecule has 56 valence electrons. The molecule has 0 aliphatic rings. The molecule has 1 nitrogen and oxygen atoms in total. The van der Waals surface area contributed by atoms with E-state index < -0.39 is 0 Å². The van der Waals surface area contributed by atoms with Gasteiger partial charge >= 0.3 is 0 Å². The molecule has 0 saturated heterocycles. The molecule has 0 bridgehead atoms. The highest BCUT2D eigenvalue weighted by molar-refractivity contribution is 4.58. The van der Waals surface area contributed by atoms with Crippen LogP contribution in [0.5, 0.6) is 0 Å². The molecule has 0 rings (SSSR count). The first-order valence-electron chi connectivity index (χ1n) is 3.71. The van der Waals surface area contributed by atoms with E-state index in [1.54, 1.807) is 4.90 Å². The molecule has 0 fully saturated rings. The van der Waals surface area contributed by atoms with Crippen molar-refractivity contribution in [2.75, 3.05) is 20.6 Å². The Hall–Kier alpha value is -0.0400. The lowest BCUT2D eigenvalue weighted by Gasteiger charge is -2.18. The lowest BCUT2D eigenvalue weighted by molar-refractivity contribution is -0.859. The van der Waals surface area contributed by atoms with E-state index in [1.165, 1.54) is 13.0 Å². The maximum Gasteiger partial charge on any atom is 0.0771 e. The zero-order valence-electron chi connectivity index (χ0n) is 7.41. The van der Waals surface area contributed by atoms with Crippen LogP contribution in [-0.2, 0) is 0 Å². The standard InChI is InChI=1S/C8H19N/c1-8(2,3)6-7-9(4)5/h6-7H2,1-5H3/p+1. The van der Waals surface area contributed by atoms with Crippen LogP contribution in [0.2, 0.25) is 0 Å². The minimum absolute atomic E-state index is 0.511. The largest absolute Gasteiger partial charge is 0.340 e. The van der Waals surface area contributed by atoms with Crippen molar-refractivity contribution in [2.24, 2.45) is 5.41 Å². The van der Waals surface area contributed by atoms with Crippen LogP contribution in [0.4, 0.5) is 0 Å². The zero-order chi connectivity index (χ0) is 7.49. The first kappa shape index (κ1) is 8.96. The molecule has 0 radical (unpaired) electrons. The normalized spacial score (nSPS) is 12.7. The Balaban J connectivity index is 3.28. The van der Waals surface area contributed by atoms with Crippen LogP contribution in [0.25, 0.3) is 0 Å². The van der Waals surface area contributed by atoms with E-state index in [4.69, 9.17) is 0 Å². The summed E-state index contributed by atoms with van der Waals surface area (Å²) >= 11 is 0. The fourth-order valence-corrected chi connectivity index (χ4v) is 0.625. The highest BCUT2D eigenvalue weighted by atomic mass is 15.0. The maximum atomic E-state index is 2.29. The van der Waals surface area contributed by atoms with Gasteiger partial charge in [0.1, 0.15) is 0 Å². The molecule has 0 heterocycles. The Morgan fingerprint density at radius 3 is 1.67 bits per heavy atom. The predicted octanol–water partition coefficient (Wildman–Crippen LogP) is 0.567. The lowest BCUT2D eigenvalue weighted by atomic mass is 9.92. The Morgan fingerprint density at radius 1 is 1.11 bits per heavy atom. The summed E-state index contributed by atoms with van der Waals surface area (Å²) in [6, 6.07) is 0. The van der Waals surface area contributed by atoms with Crippen LogP contribution in [0, 0.1) is 5.41 Å². The van der Waals surface area contributed by atoms with Gasteiger partial charge in [-0.2, -0.15) is 0 Å². The molecular weight excluding hydrogens is 110 g/mol. The fraction of sp³-hybridized carbons (Fsp3) is 1.00. The first-order chi connectivity index (χ1) is 3.92. The minimum Gasteiger partial charge on any atom is -0.340 e. The third-order valence-electron chi connectivity index (χ3n) is 1.37. The van der Waals surface area contributed by atoms with Gasteiger partial charge in [0.2, 0.25) is 0 Å². The van der Waals surface area contributed by atoms with E-state index in [1.807, 2.05) is 0 Å². The monoisotopic (exact) mass is 130 g/mol. The summed E-state index contributed by atoms with van der Waals surface area (Å²) in [5.41, 5.74) is 0.511. The quantitative estimate of drug-likeness (QED) is 0.557. The molecule has 0 aromatic rings. The SMILES string of the molecule is C[NH+](C)CCC(C)(C)C. The Morgan fingerprint density at radius 2 is 1.56 bits per heavy atom. The number of rotatable bonds is 2. The van der Waals surface area contributed by atoms with Crippen molar-refractivity contribution in [1.29, 1.82) is 0 Å². The molecule has 9 heavy (non-hydrogen) atoms. The third-order valence-corrected chi connectivity index (χ3v) is 1.37. The minimum atomic E-state index is 0.511. The van der Waals surface area contributed by atoms with Gasteiger partial charge in [-0.25, -0.2) is 0 Å². The first-order valence-corrected chi connectivity index (χ1v) is 3.71. The number of nitrogens with one attached hydrogen (secondary N) is 1. The van der Waals surface area contributed by atoms with Gasteiger partial charge in [-0.15, -0.1) is 0 Å². The Kier molecular flexibility index (Phi) is 3.20. The fourth-order valence-electron chi connectivity index (χ4n) is 0.625. The number of quaternary nitrogens is 1. The molecule has 0 aliphatic carbocycles. The summed E-state index contributed by atoms with van der Waals surface area (Å²) in [6.07, 6.45) is 1.31. The van der Waals surface area contributed by atoms with Gasteiger partial charge in [0.15, 0.2) is 0 Å². The molecule has 0 saturated carbocycles. The second-order valence-corrected chi connectivity index (χ2v) is 4.27. The van der Waals surface area contributed by atoms with Crippen LogP contribution in [-0.4, -0.2) is 20.6 Å².